The van der Waals surface area contributed by atoms with Crippen LogP contribution in [-0.2, 0) is 11.2 Å². The number of guanidine groups is 1. The van der Waals surface area contributed by atoms with Gasteiger partial charge < -0.3 is 16.0 Å². The van der Waals surface area contributed by atoms with E-state index in [-0.39, 0.29) is 11.9 Å². The van der Waals surface area contributed by atoms with Gasteiger partial charge in [0.25, 0.3) is 0 Å². The van der Waals surface area contributed by atoms with Crippen molar-refractivity contribution in [2.24, 2.45) is 4.99 Å². The summed E-state index contributed by atoms with van der Waals surface area (Å²) in [5, 5.41) is 9.16. The lowest BCUT2D eigenvalue weighted by Crippen LogP contribution is -2.50. The lowest BCUT2D eigenvalue weighted by molar-refractivity contribution is -0.122. The van der Waals surface area contributed by atoms with Gasteiger partial charge in [0, 0.05) is 45.8 Å². The number of halogens is 2. The Kier molecular flexibility index (Phi) is 7.77. The Morgan fingerprint density at radius 2 is 2.04 bits per heavy atom. The van der Waals surface area contributed by atoms with E-state index in [1.165, 1.54) is 12.1 Å². The van der Waals surface area contributed by atoms with Crippen LogP contribution in [0.25, 0.3) is 0 Å². The Hall–Kier alpha value is -2.22. The zero-order valence-electron chi connectivity index (χ0n) is 15.3. The van der Waals surface area contributed by atoms with Crippen molar-refractivity contribution in [3.05, 3.63) is 35.4 Å². The second-order valence-corrected chi connectivity index (χ2v) is 6.35. The second kappa shape index (κ2) is 10.1. The summed E-state index contributed by atoms with van der Waals surface area (Å²) in [5.41, 5.74) is 0.469. The van der Waals surface area contributed by atoms with Gasteiger partial charge in [0.1, 0.15) is 11.6 Å². The lowest BCUT2D eigenvalue weighted by atomic mass is 10.1. The van der Waals surface area contributed by atoms with Crippen molar-refractivity contribution in [2.45, 2.75) is 25.3 Å². The van der Waals surface area contributed by atoms with Crippen molar-refractivity contribution in [3.8, 4) is 0 Å². The van der Waals surface area contributed by atoms with Crippen LogP contribution in [0.3, 0.4) is 0 Å². The molecule has 3 N–H and O–H groups in total. The Bertz CT molecular complexity index is 630. The molecule has 1 amide bonds. The van der Waals surface area contributed by atoms with Gasteiger partial charge in [-0.25, -0.2) is 8.78 Å². The van der Waals surface area contributed by atoms with Crippen LogP contribution in [0.15, 0.2) is 23.2 Å². The summed E-state index contributed by atoms with van der Waals surface area (Å²) in [7, 11) is 3.33. The van der Waals surface area contributed by atoms with Gasteiger partial charge in [0.2, 0.25) is 5.91 Å². The Morgan fingerprint density at radius 1 is 1.31 bits per heavy atom. The zero-order valence-corrected chi connectivity index (χ0v) is 15.3. The summed E-state index contributed by atoms with van der Waals surface area (Å²) in [5.74, 6) is -0.406. The van der Waals surface area contributed by atoms with E-state index >= 15 is 0 Å². The predicted molar refractivity (Wildman–Crippen MR) is 98.1 cm³/mol. The van der Waals surface area contributed by atoms with E-state index in [1.807, 2.05) is 0 Å². The average molecular weight is 367 g/mol. The summed E-state index contributed by atoms with van der Waals surface area (Å²) in [4.78, 5) is 17.7. The standard InChI is InChI=1S/C18H27F2N5O/c1-21-17(26)12-25-9-6-15(7-10-25)24-18(22-2)23-8-5-13-3-4-14(19)11-16(13)20/h3-4,11,15H,5-10,12H2,1-2H3,(H,21,26)(H2,22,23,24). The first kappa shape index (κ1) is 20.1. The number of likely N-dealkylation sites (tertiary alicyclic amines) is 1. The highest BCUT2D eigenvalue weighted by Gasteiger charge is 2.21. The van der Waals surface area contributed by atoms with Crippen molar-refractivity contribution >= 4 is 11.9 Å². The molecule has 1 heterocycles. The van der Waals surface area contributed by atoms with Gasteiger partial charge in [-0.2, -0.15) is 0 Å². The van der Waals surface area contributed by atoms with Crippen LogP contribution in [0.2, 0.25) is 0 Å². The van der Waals surface area contributed by atoms with Crippen LogP contribution in [0.4, 0.5) is 8.78 Å². The topological polar surface area (TPSA) is 68.8 Å². The third kappa shape index (κ3) is 6.25. The molecule has 2 rings (SSSR count). The smallest absolute Gasteiger partial charge is 0.233 e. The summed E-state index contributed by atoms with van der Waals surface area (Å²) in [6.45, 7) is 2.63. The Morgan fingerprint density at radius 3 is 2.65 bits per heavy atom. The van der Waals surface area contributed by atoms with Gasteiger partial charge in [-0.1, -0.05) is 6.07 Å². The highest BCUT2D eigenvalue weighted by Crippen LogP contribution is 2.11. The van der Waals surface area contributed by atoms with Crippen molar-refractivity contribution < 1.29 is 13.6 Å². The minimum absolute atomic E-state index is 0.0295. The van der Waals surface area contributed by atoms with Crippen LogP contribution in [-0.4, -0.2) is 63.1 Å². The molecular formula is C18H27F2N5O. The van der Waals surface area contributed by atoms with E-state index in [9.17, 15) is 13.6 Å². The predicted octanol–water partition coefficient (Wildman–Crippen LogP) is 0.883. The van der Waals surface area contributed by atoms with Crippen LogP contribution < -0.4 is 16.0 Å². The summed E-state index contributed by atoms with van der Waals surface area (Å²) < 4.78 is 26.6. The molecule has 0 unspecified atom stereocenters. The molecule has 0 saturated carbocycles. The van der Waals surface area contributed by atoms with E-state index in [2.05, 4.69) is 25.8 Å². The Balaban J connectivity index is 1.72. The first-order chi connectivity index (χ1) is 12.5. The normalized spacial score (nSPS) is 16.4. The van der Waals surface area contributed by atoms with E-state index in [0.717, 1.165) is 32.0 Å². The van der Waals surface area contributed by atoms with Crippen LogP contribution in [0.5, 0.6) is 0 Å². The fourth-order valence-corrected chi connectivity index (χ4v) is 2.95. The van der Waals surface area contributed by atoms with Crippen LogP contribution in [0, 0.1) is 11.6 Å². The SMILES string of the molecule is CN=C(NCCc1ccc(F)cc1F)NC1CCN(CC(=O)NC)CC1. The average Bonchev–Trinajstić information content (AvgIpc) is 2.64. The molecule has 1 fully saturated rings. The first-order valence-electron chi connectivity index (χ1n) is 8.86. The number of hydrogen-bond acceptors (Lipinski definition) is 3. The van der Waals surface area contributed by atoms with Gasteiger partial charge in [0.05, 0.1) is 6.54 Å². The van der Waals surface area contributed by atoms with Crippen molar-refractivity contribution in [2.75, 3.05) is 40.3 Å². The molecule has 1 aromatic carbocycles. The van der Waals surface area contributed by atoms with Gasteiger partial charge in [-0.15, -0.1) is 0 Å². The molecule has 144 valence electrons. The first-order valence-corrected chi connectivity index (χ1v) is 8.86. The second-order valence-electron chi connectivity index (χ2n) is 6.35. The van der Waals surface area contributed by atoms with E-state index in [0.29, 0.717) is 31.0 Å². The molecule has 8 heteroatoms. The van der Waals surface area contributed by atoms with Crippen LogP contribution >= 0.6 is 0 Å². The van der Waals surface area contributed by atoms with Gasteiger partial charge in [-0.3, -0.25) is 14.7 Å². The number of piperidine rings is 1. The third-order valence-electron chi connectivity index (χ3n) is 4.50. The Labute approximate surface area is 153 Å². The molecule has 0 aromatic heterocycles. The van der Waals surface area contributed by atoms with Crippen molar-refractivity contribution in [1.29, 1.82) is 0 Å². The molecule has 0 spiro atoms. The molecule has 26 heavy (non-hydrogen) atoms. The fraction of sp³-hybridized carbons (Fsp3) is 0.556. The third-order valence-corrected chi connectivity index (χ3v) is 4.50. The van der Waals surface area contributed by atoms with Gasteiger partial charge in [-0.05, 0) is 30.9 Å². The number of rotatable bonds is 6. The van der Waals surface area contributed by atoms with E-state index in [4.69, 9.17) is 0 Å². The molecule has 6 nitrogen and oxygen atoms in total. The maximum absolute atomic E-state index is 13.6. The monoisotopic (exact) mass is 367 g/mol. The fourth-order valence-electron chi connectivity index (χ4n) is 2.95. The van der Waals surface area contributed by atoms with E-state index < -0.39 is 11.6 Å². The molecule has 1 aromatic rings. The van der Waals surface area contributed by atoms with Crippen LogP contribution in [0.1, 0.15) is 18.4 Å². The molecule has 1 saturated heterocycles. The number of hydrogen-bond donors (Lipinski definition) is 3. The number of benzene rings is 1. The van der Waals surface area contributed by atoms with E-state index in [1.54, 1.807) is 14.1 Å². The number of carbonyl (C=O) groups is 1. The molecule has 0 radical (unpaired) electrons. The summed E-state index contributed by atoms with van der Waals surface area (Å²) >= 11 is 0. The zero-order chi connectivity index (χ0) is 18.9. The summed E-state index contributed by atoms with van der Waals surface area (Å²) in [6.07, 6.45) is 2.28. The molecular weight excluding hydrogens is 340 g/mol. The number of likely N-dealkylation sites (N-methyl/N-ethyl adjacent to an activating group) is 1. The lowest BCUT2D eigenvalue weighted by Gasteiger charge is -2.32. The van der Waals surface area contributed by atoms with Crippen molar-refractivity contribution in [1.82, 2.24) is 20.9 Å². The number of carbonyl (C=O) groups excluding carboxylic acids is 1. The van der Waals surface area contributed by atoms with Gasteiger partial charge in [0.15, 0.2) is 5.96 Å². The minimum Gasteiger partial charge on any atom is -0.358 e. The quantitative estimate of drug-likeness (QED) is 0.516. The number of nitrogens with one attached hydrogen (secondary N) is 3. The number of aliphatic imine (C=N–C) groups is 1. The largest absolute Gasteiger partial charge is 0.358 e. The minimum atomic E-state index is -0.570. The number of nitrogens with zero attached hydrogens (tertiary/aromatic N) is 2. The molecule has 1 aliphatic heterocycles. The summed E-state index contributed by atoms with van der Waals surface area (Å²) in [6, 6.07) is 3.90. The molecule has 0 aliphatic carbocycles. The molecule has 0 atom stereocenters. The van der Waals surface area contributed by atoms with Gasteiger partial charge >= 0.3 is 0 Å². The maximum atomic E-state index is 13.6. The molecule has 0 bridgehead atoms. The number of amides is 1. The highest BCUT2D eigenvalue weighted by molar-refractivity contribution is 5.80. The highest BCUT2D eigenvalue weighted by atomic mass is 19.1. The van der Waals surface area contributed by atoms with Crippen molar-refractivity contribution in [3.63, 3.8) is 0 Å². The maximum Gasteiger partial charge on any atom is 0.233 e. The molecule has 1 aliphatic rings.